The molecule has 0 amide bonds. The number of nitrogens with zero attached hydrogens (tertiary/aromatic N) is 1. The van der Waals surface area contributed by atoms with Crippen LogP contribution in [0.15, 0.2) is 36.4 Å². The maximum Gasteiger partial charge on any atom is 0.220 e. The van der Waals surface area contributed by atoms with E-state index in [2.05, 4.69) is 75.4 Å². The van der Waals surface area contributed by atoms with Gasteiger partial charge in [0, 0.05) is 13.0 Å². The van der Waals surface area contributed by atoms with Crippen LogP contribution in [0.5, 0.6) is 0 Å². The zero-order valence-electron chi connectivity index (χ0n) is 19.1. The molecule has 2 atom stereocenters. The third-order valence-electron chi connectivity index (χ3n) is 7.29. The SMILES string of the molecule is [2H]c1c(C)[n+](C)c(-c2cc3c(cc2C)C2CCC3C2)c2ccc([Si](C)(C)C)cc12. The molecule has 144 valence electrons. The van der Waals surface area contributed by atoms with Gasteiger partial charge in [-0.1, -0.05) is 43.0 Å². The molecule has 2 aliphatic carbocycles. The lowest BCUT2D eigenvalue weighted by Gasteiger charge is -2.20. The van der Waals surface area contributed by atoms with Crippen LogP contribution in [0.2, 0.25) is 19.6 Å². The molecule has 28 heavy (non-hydrogen) atoms. The molecule has 3 aromatic rings. The normalized spacial score (nSPS) is 21.3. The Labute approximate surface area is 171 Å². The van der Waals surface area contributed by atoms with E-state index in [0.29, 0.717) is 6.04 Å². The standard InChI is InChI=1S/C26H32NSi/c1-16-11-24-18-7-8-19(13-18)25(24)15-23(16)26-22-10-9-21(28(4,5)6)14-20(22)12-17(2)27(26)3/h9-12,14-15,18-19H,7-8,13H2,1-6H3/q+1/i12D. The second kappa shape index (κ2) is 6.03. The van der Waals surface area contributed by atoms with Crippen LogP contribution < -0.4 is 9.75 Å². The molecule has 2 bridgehead atoms. The Bertz CT molecular complexity index is 1170. The van der Waals surface area contributed by atoms with Crippen LogP contribution in [-0.4, -0.2) is 8.07 Å². The molecule has 1 saturated carbocycles. The lowest BCUT2D eigenvalue weighted by Crippen LogP contribution is -2.38. The molecule has 0 aliphatic heterocycles. The van der Waals surface area contributed by atoms with Crippen molar-refractivity contribution in [3.05, 3.63) is 58.8 Å². The summed E-state index contributed by atoms with van der Waals surface area (Å²) in [5.74, 6) is 1.56. The Balaban J connectivity index is 1.81. The number of hydrogen-bond acceptors (Lipinski definition) is 0. The van der Waals surface area contributed by atoms with Gasteiger partial charge < -0.3 is 0 Å². The molecule has 5 rings (SSSR count). The third-order valence-corrected chi connectivity index (χ3v) is 9.34. The fourth-order valence-corrected chi connectivity index (χ4v) is 6.69. The monoisotopic (exact) mass is 387 g/mol. The van der Waals surface area contributed by atoms with Crippen LogP contribution in [0.4, 0.5) is 0 Å². The third kappa shape index (κ3) is 2.61. The van der Waals surface area contributed by atoms with Gasteiger partial charge in [0.25, 0.3) is 0 Å². The van der Waals surface area contributed by atoms with E-state index >= 15 is 0 Å². The van der Waals surface area contributed by atoms with E-state index in [4.69, 9.17) is 1.37 Å². The van der Waals surface area contributed by atoms with E-state index in [9.17, 15) is 0 Å². The molecule has 2 unspecified atom stereocenters. The first-order valence-corrected chi connectivity index (χ1v) is 14.2. The van der Waals surface area contributed by atoms with Gasteiger partial charge in [0.2, 0.25) is 5.69 Å². The van der Waals surface area contributed by atoms with Gasteiger partial charge >= 0.3 is 0 Å². The Morgan fingerprint density at radius 1 is 1.00 bits per heavy atom. The maximum atomic E-state index is 8.83. The van der Waals surface area contributed by atoms with E-state index < -0.39 is 8.07 Å². The van der Waals surface area contributed by atoms with Crippen molar-refractivity contribution >= 4 is 24.0 Å². The Hall–Kier alpha value is -1.93. The molecule has 1 fully saturated rings. The summed E-state index contributed by atoms with van der Waals surface area (Å²) in [5.41, 5.74) is 8.26. The Morgan fingerprint density at radius 3 is 2.36 bits per heavy atom. The van der Waals surface area contributed by atoms with Crippen LogP contribution >= 0.6 is 0 Å². The number of benzene rings is 2. The molecular weight excluding hydrogens is 354 g/mol. The summed E-state index contributed by atoms with van der Waals surface area (Å²) in [6.07, 6.45) is 4.09. The maximum absolute atomic E-state index is 8.83. The molecule has 0 saturated heterocycles. The van der Waals surface area contributed by atoms with Gasteiger partial charge in [0.1, 0.15) is 7.05 Å². The minimum absolute atomic E-state index is 0.671. The number of aryl methyl sites for hydroxylation is 1. The highest BCUT2D eigenvalue weighted by atomic mass is 28.3. The van der Waals surface area contributed by atoms with Gasteiger partial charge in [-0.25, -0.2) is 0 Å². The van der Waals surface area contributed by atoms with E-state index in [1.165, 1.54) is 46.7 Å². The summed E-state index contributed by atoms with van der Waals surface area (Å²) in [7, 11) is 0.707. The summed E-state index contributed by atoms with van der Waals surface area (Å²) in [6.45, 7) is 11.5. The van der Waals surface area contributed by atoms with E-state index in [1.807, 2.05) is 0 Å². The van der Waals surface area contributed by atoms with Crippen molar-refractivity contribution in [3.63, 3.8) is 0 Å². The average Bonchev–Trinajstić information content (AvgIpc) is 3.28. The summed E-state index contributed by atoms with van der Waals surface area (Å²) < 4.78 is 11.1. The van der Waals surface area contributed by atoms with Crippen LogP contribution in [0, 0.1) is 13.8 Å². The molecule has 0 radical (unpaired) electrons. The topological polar surface area (TPSA) is 3.88 Å². The van der Waals surface area contributed by atoms with E-state index in [0.717, 1.165) is 22.9 Å². The highest BCUT2D eigenvalue weighted by Gasteiger charge is 2.38. The van der Waals surface area contributed by atoms with Gasteiger partial charge in [0.05, 0.1) is 20.4 Å². The second-order valence-corrected chi connectivity index (χ2v) is 15.2. The molecule has 2 aliphatic rings. The van der Waals surface area contributed by atoms with Crippen molar-refractivity contribution in [2.45, 2.75) is 64.6 Å². The van der Waals surface area contributed by atoms with Crippen LogP contribution in [0.3, 0.4) is 0 Å². The highest BCUT2D eigenvalue weighted by molar-refractivity contribution is 6.88. The molecule has 1 heterocycles. The molecule has 0 spiro atoms. The van der Waals surface area contributed by atoms with Crippen molar-refractivity contribution in [2.75, 3.05) is 0 Å². The van der Waals surface area contributed by atoms with Gasteiger partial charge in [-0.2, -0.15) is 4.57 Å². The largest absolute Gasteiger partial charge is 0.220 e. The first-order valence-electron chi connectivity index (χ1n) is 11.2. The smallest absolute Gasteiger partial charge is 0.198 e. The minimum atomic E-state index is -1.43. The van der Waals surface area contributed by atoms with Crippen molar-refractivity contribution in [2.24, 2.45) is 7.05 Å². The zero-order chi connectivity index (χ0) is 20.7. The van der Waals surface area contributed by atoms with Crippen molar-refractivity contribution in [1.29, 1.82) is 0 Å². The first kappa shape index (κ1) is 17.0. The molecule has 1 aromatic heterocycles. The summed E-state index contributed by atoms with van der Waals surface area (Å²) in [5, 5.41) is 3.76. The number of fused-ring (bicyclic) bond motifs is 6. The fourth-order valence-electron chi connectivity index (χ4n) is 5.53. The minimum Gasteiger partial charge on any atom is -0.198 e. The van der Waals surface area contributed by atoms with Crippen LogP contribution in [-0.2, 0) is 7.05 Å². The lowest BCUT2D eigenvalue weighted by atomic mass is 9.87. The fraction of sp³-hybridized carbons (Fsp3) is 0.423. The molecule has 2 heteroatoms. The highest BCUT2D eigenvalue weighted by Crippen LogP contribution is 2.54. The van der Waals surface area contributed by atoms with Gasteiger partial charge in [-0.15, -0.1) is 0 Å². The number of pyridine rings is 1. The number of aromatic nitrogens is 1. The van der Waals surface area contributed by atoms with Gasteiger partial charge in [-0.3, -0.25) is 0 Å². The number of hydrogen-bond donors (Lipinski definition) is 0. The molecule has 0 N–H and O–H groups in total. The summed E-state index contributed by atoms with van der Waals surface area (Å²) >= 11 is 0. The van der Waals surface area contributed by atoms with Crippen molar-refractivity contribution in [3.8, 4) is 11.3 Å². The van der Waals surface area contributed by atoms with Gasteiger partial charge in [-0.05, 0) is 72.2 Å². The quantitative estimate of drug-likeness (QED) is 0.383. The van der Waals surface area contributed by atoms with Crippen LogP contribution in [0.25, 0.3) is 22.0 Å². The number of rotatable bonds is 2. The van der Waals surface area contributed by atoms with Crippen molar-refractivity contribution < 1.29 is 5.94 Å². The summed E-state index contributed by atoms with van der Waals surface area (Å²) in [6, 6.07) is 12.6. The Morgan fingerprint density at radius 2 is 1.68 bits per heavy atom. The average molecular weight is 388 g/mol. The lowest BCUT2D eigenvalue weighted by molar-refractivity contribution is -0.665. The molecular formula is C26H32NSi+. The molecule has 2 aromatic carbocycles. The van der Waals surface area contributed by atoms with Crippen LogP contribution in [0.1, 0.15) is 54.9 Å². The predicted molar refractivity (Wildman–Crippen MR) is 122 cm³/mol. The van der Waals surface area contributed by atoms with E-state index in [1.54, 1.807) is 11.1 Å². The van der Waals surface area contributed by atoms with E-state index in [-0.39, 0.29) is 0 Å². The van der Waals surface area contributed by atoms with Crippen molar-refractivity contribution in [1.82, 2.24) is 0 Å². The summed E-state index contributed by atoms with van der Waals surface area (Å²) in [4.78, 5) is 0. The predicted octanol–water partition coefficient (Wildman–Crippen LogP) is 5.86. The Kier molecular flexibility index (Phi) is 3.66. The zero-order valence-corrected chi connectivity index (χ0v) is 19.1. The van der Waals surface area contributed by atoms with Gasteiger partial charge in [0.15, 0.2) is 5.69 Å². The first-order chi connectivity index (χ1) is 13.7. The second-order valence-electron chi connectivity index (χ2n) is 10.1. The molecule has 1 nitrogen and oxygen atoms in total.